The van der Waals surface area contributed by atoms with Crippen molar-refractivity contribution in [3.8, 4) is 0 Å². The number of amides is 1. The lowest BCUT2D eigenvalue weighted by molar-refractivity contribution is -0.134. The molecule has 2 heterocycles. The molecule has 1 atom stereocenters. The number of aromatic nitrogens is 1. The first-order valence-electron chi connectivity index (χ1n) is 7.12. The Balaban J connectivity index is 0.00000264. The molecule has 0 saturated carbocycles. The van der Waals surface area contributed by atoms with Gasteiger partial charge in [0.15, 0.2) is 0 Å². The van der Waals surface area contributed by atoms with Crippen molar-refractivity contribution in [1.82, 2.24) is 15.2 Å². The average molecular weight is 373 g/mol. The van der Waals surface area contributed by atoms with E-state index in [2.05, 4.69) is 10.3 Å². The lowest BCUT2D eigenvalue weighted by Gasteiger charge is -2.31. The molecule has 0 bridgehead atoms. The maximum absolute atomic E-state index is 12.6. The summed E-state index contributed by atoms with van der Waals surface area (Å²) in [7, 11) is 0. The maximum Gasteiger partial charge on any atom is 0.427 e. The molecule has 0 spiro atoms. The first-order valence-corrected chi connectivity index (χ1v) is 7.94. The summed E-state index contributed by atoms with van der Waals surface area (Å²) in [5.41, 5.74) is 5.35. The van der Waals surface area contributed by atoms with Crippen molar-refractivity contribution in [2.24, 2.45) is 11.7 Å². The molecule has 2 rings (SSSR count). The Labute approximate surface area is 142 Å². The van der Waals surface area contributed by atoms with Gasteiger partial charge >= 0.3 is 6.18 Å². The molecule has 23 heavy (non-hydrogen) atoms. The minimum atomic E-state index is -4.34. The van der Waals surface area contributed by atoms with Gasteiger partial charge in [-0.3, -0.25) is 9.69 Å². The van der Waals surface area contributed by atoms with Gasteiger partial charge in [-0.2, -0.15) is 13.2 Å². The molecule has 1 aromatic rings. The van der Waals surface area contributed by atoms with Gasteiger partial charge in [0.2, 0.25) is 5.91 Å². The van der Waals surface area contributed by atoms with Crippen LogP contribution in [0.5, 0.6) is 0 Å². The smallest absolute Gasteiger partial charge is 0.355 e. The highest BCUT2D eigenvalue weighted by Gasteiger charge is 2.33. The van der Waals surface area contributed by atoms with E-state index in [1.165, 1.54) is 0 Å². The summed E-state index contributed by atoms with van der Waals surface area (Å²) in [6.45, 7) is 2.48. The lowest BCUT2D eigenvalue weighted by Crippen LogP contribution is -2.43. The first-order chi connectivity index (χ1) is 10.4. The molecule has 10 heteroatoms. The van der Waals surface area contributed by atoms with Gasteiger partial charge in [0.25, 0.3) is 0 Å². The summed E-state index contributed by atoms with van der Waals surface area (Å²) < 4.78 is 37.7. The van der Waals surface area contributed by atoms with E-state index in [4.69, 9.17) is 5.73 Å². The zero-order valence-electron chi connectivity index (χ0n) is 12.4. The molecule has 1 aliphatic rings. The quantitative estimate of drug-likeness (QED) is 0.827. The van der Waals surface area contributed by atoms with Crippen LogP contribution in [-0.4, -0.2) is 42.0 Å². The Morgan fingerprint density at radius 3 is 2.87 bits per heavy atom. The SMILES string of the molecule is Cl.NCCNC(=O)C1CCCN(Cc2ncc(C(F)(F)F)s2)C1. The molecule has 5 nitrogen and oxygen atoms in total. The number of hydrogen-bond donors (Lipinski definition) is 2. The Kier molecular flexibility index (Phi) is 7.72. The molecule has 0 radical (unpaired) electrons. The summed E-state index contributed by atoms with van der Waals surface area (Å²) in [4.78, 5) is 17.1. The standard InChI is InChI=1S/C13H19F3N4OS.ClH/c14-13(15,16)10-6-19-11(22-10)8-20-5-1-2-9(7-20)12(21)18-4-3-17;/h6,9H,1-5,7-8,17H2,(H,18,21);1H. The van der Waals surface area contributed by atoms with Gasteiger partial charge in [0, 0.05) is 19.6 Å². The van der Waals surface area contributed by atoms with Crippen LogP contribution >= 0.6 is 23.7 Å². The van der Waals surface area contributed by atoms with Crippen molar-refractivity contribution in [3.63, 3.8) is 0 Å². The van der Waals surface area contributed by atoms with E-state index >= 15 is 0 Å². The summed E-state index contributed by atoms with van der Waals surface area (Å²) in [5.74, 6) is -0.174. The summed E-state index contributed by atoms with van der Waals surface area (Å²) in [6, 6.07) is 0. The average Bonchev–Trinajstić information content (AvgIpc) is 2.93. The van der Waals surface area contributed by atoms with Crippen LogP contribution in [0.25, 0.3) is 0 Å². The third-order valence-electron chi connectivity index (χ3n) is 3.51. The monoisotopic (exact) mass is 372 g/mol. The highest BCUT2D eigenvalue weighted by Crippen LogP contribution is 2.33. The van der Waals surface area contributed by atoms with Gasteiger partial charge in [-0.1, -0.05) is 0 Å². The summed E-state index contributed by atoms with van der Waals surface area (Å²) in [6.07, 6.45) is -1.84. The Morgan fingerprint density at radius 1 is 1.52 bits per heavy atom. The topological polar surface area (TPSA) is 71.2 Å². The van der Waals surface area contributed by atoms with Crippen molar-refractivity contribution >= 4 is 29.7 Å². The van der Waals surface area contributed by atoms with E-state index in [0.29, 0.717) is 42.5 Å². The van der Waals surface area contributed by atoms with E-state index in [9.17, 15) is 18.0 Å². The minimum absolute atomic E-state index is 0. The van der Waals surface area contributed by atoms with Crippen molar-refractivity contribution in [3.05, 3.63) is 16.1 Å². The molecule has 1 fully saturated rings. The molecule has 132 valence electrons. The molecule has 0 aromatic carbocycles. The summed E-state index contributed by atoms with van der Waals surface area (Å²) >= 11 is 0.662. The zero-order valence-corrected chi connectivity index (χ0v) is 14.1. The molecule has 1 aliphatic heterocycles. The number of halogens is 4. The number of hydrogen-bond acceptors (Lipinski definition) is 5. The van der Waals surface area contributed by atoms with Crippen LogP contribution in [0.2, 0.25) is 0 Å². The van der Waals surface area contributed by atoms with Crippen LogP contribution in [0, 0.1) is 5.92 Å². The summed E-state index contributed by atoms with van der Waals surface area (Å²) in [5, 5.41) is 3.18. The Hall–Kier alpha value is -0.900. The molecule has 1 amide bonds. The van der Waals surface area contributed by atoms with Crippen molar-refractivity contribution < 1.29 is 18.0 Å². The van der Waals surface area contributed by atoms with Gasteiger partial charge in [-0.25, -0.2) is 4.98 Å². The molecule has 3 N–H and O–H groups in total. The van der Waals surface area contributed by atoms with Crippen molar-refractivity contribution in [2.75, 3.05) is 26.2 Å². The molecule has 1 unspecified atom stereocenters. The number of rotatable bonds is 5. The van der Waals surface area contributed by atoms with Crippen molar-refractivity contribution in [1.29, 1.82) is 0 Å². The van der Waals surface area contributed by atoms with E-state index < -0.39 is 11.1 Å². The number of alkyl halides is 3. The van der Waals surface area contributed by atoms with Gasteiger partial charge < -0.3 is 11.1 Å². The Morgan fingerprint density at radius 2 is 2.26 bits per heavy atom. The van der Waals surface area contributed by atoms with Crippen LogP contribution in [-0.2, 0) is 17.5 Å². The minimum Gasteiger partial charge on any atom is -0.355 e. The van der Waals surface area contributed by atoms with Crippen LogP contribution in [0.3, 0.4) is 0 Å². The number of nitrogens with one attached hydrogen (secondary N) is 1. The number of nitrogens with zero attached hydrogens (tertiary/aromatic N) is 2. The number of piperidine rings is 1. The first kappa shape index (κ1) is 20.1. The maximum atomic E-state index is 12.6. The predicted molar refractivity (Wildman–Crippen MR) is 84.4 cm³/mol. The van der Waals surface area contributed by atoms with Crippen LogP contribution in [0.15, 0.2) is 6.20 Å². The number of thiazole rings is 1. The third-order valence-corrected chi connectivity index (χ3v) is 4.54. The second-order valence-corrected chi connectivity index (χ2v) is 6.39. The normalized spacial score (nSPS) is 19.2. The molecule has 1 aromatic heterocycles. The van der Waals surface area contributed by atoms with Crippen LogP contribution in [0.4, 0.5) is 13.2 Å². The van der Waals surface area contributed by atoms with Gasteiger partial charge in [0.1, 0.15) is 9.88 Å². The van der Waals surface area contributed by atoms with E-state index in [-0.39, 0.29) is 24.2 Å². The molecular formula is C13H20ClF3N4OS. The molecule has 1 saturated heterocycles. The fraction of sp³-hybridized carbons (Fsp3) is 0.692. The van der Waals surface area contributed by atoms with E-state index in [1.54, 1.807) is 0 Å². The van der Waals surface area contributed by atoms with E-state index in [0.717, 1.165) is 25.6 Å². The number of likely N-dealkylation sites (tertiary alicyclic amines) is 1. The van der Waals surface area contributed by atoms with Crippen LogP contribution in [0.1, 0.15) is 22.7 Å². The van der Waals surface area contributed by atoms with Gasteiger partial charge in [0.05, 0.1) is 18.7 Å². The second kappa shape index (κ2) is 8.81. The van der Waals surface area contributed by atoms with E-state index in [1.807, 2.05) is 4.90 Å². The van der Waals surface area contributed by atoms with Gasteiger partial charge in [-0.05, 0) is 19.4 Å². The van der Waals surface area contributed by atoms with Crippen LogP contribution < -0.4 is 11.1 Å². The van der Waals surface area contributed by atoms with Crippen molar-refractivity contribution in [2.45, 2.75) is 25.6 Å². The highest BCUT2D eigenvalue weighted by atomic mass is 35.5. The Bertz CT molecular complexity index is 512. The molecular weight excluding hydrogens is 353 g/mol. The lowest BCUT2D eigenvalue weighted by atomic mass is 9.97. The fourth-order valence-corrected chi connectivity index (χ4v) is 3.29. The number of nitrogens with two attached hydrogens (primary N) is 1. The number of carbonyl (C=O) groups excluding carboxylic acids is 1. The third kappa shape index (κ3) is 5.91. The zero-order chi connectivity index (χ0) is 16.2. The largest absolute Gasteiger partial charge is 0.427 e. The molecule has 0 aliphatic carbocycles. The predicted octanol–water partition coefficient (Wildman–Crippen LogP) is 1.87. The second-order valence-electron chi connectivity index (χ2n) is 5.27. The highest BCUT2D eigenvalue weighted by molar-refractivity contribution is 7.11. The number of carbonyl (C=O) groups is 1. The fourth-order valence-electron chi connectivity index (χ4n) is 2.46. The van der Waals surface area contributed by atoms with Gasteiger partial charge in [-0.15, -0.1) is 23.7 Å².